The Morgan fingerprint density at radius 1 is 1.47 bits per heavy atom. The number of rotatable bonds is 5. The van der Waals surface area contributed by atoms with Gasteiger partial charge in [-0.2, -0.15) is 0 Å². The van der Waals surface area contributed by atoms with Gasteiger partial charge in [-0.25, -0.2) is 0 Å². The number of hydrogen-bond donors (Lipinski definition) is 1. The maximum atomic E-state index is 5.71. The molecule has 1 aromatic rings. The third kappa shape index (κ3) is 3.41. The first-order chi connectivity index (χ1) is 8.27. The SMILES string of the molecule is NC(=S)c1ccccc1OCCC1CCCO1. The molecule has 2 N–H and O–H groups in total. The van der Waals surface area contributed by atoms with Gasteiger partial charge in [-0.15, -0.1) is 0 Å². The van der Waals surface area contributed by atoms with Gasteiger partial charge in [0.1, 0.15) is 10.7 Å². The number of ether oxygens (including phenoxy) is 2. The van der Waals surface area contributed by atoms with Gasteiger partial charge in [0.25, 0.3) is 0 Å². The summed E-state index contributed by atoms with van der Waals surface area (Å²) in [6.45, 7) is 1.53. The van der Waals surface area contributed by atoms with E-state index in [0.717, 1.165) is 37.2 Å². The molecule has 1 heterocycles. The van der Waals surface area contributed by atoms with Crippen LogP contribution < -0.4 is 10.5 Å². The van der Waals surface area contributed by atoms with E-state index >= 15 is 0 Å². The van der Waals surface area contributed by atoms with E-state index in [1.54, 1.807) is 0 Å². The lowest BCUT2D eigenvalue weighted by molar-refractivity contribution is 0.0903. The third-order valence-electron chi connectivity index (χ3n) is 2.87. The molecule has 4 heteroatoms. The van der Waals surface area contributed by atoms with Crippen LogP contribution in [0.1, 0.15) is 24.8 Å². The molecule has 0 radical (unpaired) electrons. The van der Waals surface area contributed by atoms with Crippen molar-refractivity contribution in [3.63, 3.8) is 0 Å². The van der Waals surface area contributed by atoms with Crippen molar-refractivity contribution in [1.82, 2.24) is 0 Å². The Morgan fingerprint density at radius 3 is 3.00 bits per heavy atom. The highest BCUT2D eigenvalue weighted by molar-refractivity contribution is 7.80. The van der Waals surface area contributed by atoms with E-state index in [-0.39, 0.29) is 0 Å². The second-order valence-electron chi connectivity index (χ2n) is 4.13. The van der Waals surface area contributed by atoms with Crippen molar-refractivity contribution in [2.75, 3.05) is 13.2 Å². The molecular formula is C13H17NO2S. The molecule has 1 aliphatic heterocycles. The molecule has 0 aromatic heterocycles. The van der Waals surface area contributed by atoms with Crippen LogP contribution in [0.25, 0.3) is 0 Å². The molecule has 1 aliphatic rings. The third-order valence-corrected chi connectivity index (χ3v) is 3.09. The number of nitrogens with two attached hydrogens (primary N) is 1. The highest BCUT2D eigenvalue weighted by atomic mass is 32.1. The first kappa shape index (κ1) is 12.3. The average molecular weight is 251 g/mol. The first-order valence-electron chi connectivity index (χ1n) is 5.90. The fraction of sp³-hybridized carbons (Fsp3) is 0.462. The predicted molar refractivity (Wildman–Crippen MR) is 71.4 cm³/mol. The van der Waals surface area contributed by atoms with Gasteiger partial charge < -0.3 is 15.2 Å². The summed E-state index contributed by atoms with van der Waals surface area (Å²) in [7, 11) is 0. The highest BCUT2D eigenvalue weighted by Gasteiger charge is 2.15. The predicted octanol–water partition coefficient (Wildman–Crippen LogP) is 2.27. The lowest BCUT2D eigenvalue weighted by Gasteiger charge is -2.12. The molecule has 0 aliphatic carbocycles. The van der Waals surface area contributed by atoms with Crippen LogP contribution in [0.4, 0.5) is 0 Å². The minimum absolute atomic E-state index is 0.354. The lowest BCUT2D eigenvalue weighted by Crippen LogP contribution is -2.14. The van der Waals surface area contributed by atoms with Gasteiger partial charge in [0.05, 0.1) is 18.3 Å². The Labute approximate surface area is 107 Å². The van der Waals surface area contributed by atoms with Crippen LogP contribution in [0.15, 0.2) is 24.3 Å². The van der Waals surface area contributed by atoms with Crippen molar-refractivity contribution in [2.24, 2.45) is 5.73 Å². The second kappa shape index (κ2) is 5.98. The van der Waals surface area contributed by atoms with Crippen molar-refractivity contribution in [3.05, 3.63) is 29.8 Å². The van der Waals surface area contributed by atoms with E-state index in [2.05, 4.69) is 0 Å². The molecule has 0 bridgehead atoms. The molecular weight excluding hydrogens is 234 g/mol. The Hall–Kier alpha value is -1.13. The van der Waals surface area contributed by atoms with Crippen LogP contribution in [0, 0.1) is 0 Å². The maximum Gasteiger partial charge on any atom is 0.129 e. The quantitative estimate of drug-likeness (QED) is 0.815. The van der Waals surface area contributed by atoms with E-state index < -0.39 is 0 Å². The Morgan fingerprint density at radius 2 is 2.29 bits per heavy atom. The summed E-state index contributed by atoms with van der Waals surface area (Å²) in [6.07, 6.45) is 3.58. The topological polar surface area (TPSA) is 44.5 Å². The zero-order valence-corrected chi connectivity index (χ0v) is 10.5. The van der Waals surface area contributed by atoms with Gasteiger partial charge in [-0.3, -0.25) is 0 Å². The van der Waals surface area contributed by atoms with Crippen molar-refractivity contribution in [2.45, 2.75) is 25.4 Å². The molecule has 0 spiro atoms. The molecule has 17 heavy (non-hydrogen) atoms. The normalized spacial score (nSPS) is 19.2. The van der Waals surface area contributed by atoms with Crippen LogP contribution in [0.2, 0.25) is 0 Å². The van der Waals surface area contributed by atoms with Gasteiger partial charge in [0.2, 0.25) is 0 Å². The van der Waals surface area contributed by atoms with Gasteiger partial charge in [-0.1, -0.05) is 24.4 Å². The lowest BCUT2D eigenvalue weighted by atomic mass is 10.2. The van der Waals surface area contributed by atoms with Crippen LogP contribution in [-0.2, 0) is 4.74 Å². The summed E-state index contributed by atoms with van der Waals surface area (Å²) >= 11 is 4.98. The van der Waals surface area contributed by atoms with E-state index in [1.807, 2.05) is 24.3 Å². The van der Waals surface area contributed by atoms with Gasteiger partial charge in [-0.05, 0) is 25.0 Å². The van der Waals surface area contributed by atoms with E-state index in [0.29, 0.717) is 17.7 Å². The zero-order valence-electron chi connectivity index (χ0n) is 9.72. The molecule has 0 amide bonds. The molecule has 1 aromatic carbocycles. The van der Waals surface area contributed by atoms with E-state index in [1.165, 1.54) is 0 Å². The van der Waals surface area contributed by atoms with Gasteiger partial charge >= 0.3 is 0 Å². The highest BCUT2D eigenvalue weighted by Crippen LogP contribution is 2.20. The van der Waals surface area contributed by atoms with E-state index in [9.17, 15) is 0 Å². The fourth-order valence-corrected chi connectivity index (χ4v) is 2.14. The average Bonchev–Trinajstić information content (AvgIpc) is 2.82. The summed E-state index contributed by atoms with van der Waals surface area (Å²) in [5.74, 6) is 0.762. The summed E-state index contributed by atoms with van der Waals surface area (Å²) in [4.78, 5) is 0.373. The molecule has 3 nitrogen and oxygen atoms in total. The van der Waals surface area contributed by atoms with Crippen LogP contribution in [-0.4, -0.2) is 24.3 Å². The number of hydrogen-bond acceptors (Lipinski definition) is 3. The molecule has 1 unspecified atom stereocenters. The Balaban J connectivity index is 1.87. The van der Waals surface area contributed by atoms with Crippen LogP contribution >= 0.6 is 12.2 Å². The summed E-state index contributed by atoms with van der Waals surface area (Å²) in [6, 6.07) is 7.60. The smallest absolute Gasteiger partial charge is 0.129 e. The summed E-state index contributed by atoms with van der Waals surface area (Å²) < 4.78 is 11.3. The van der Waals surface area contributed by atoms with Gasteiger partial charge in [0, 0.05) is 13.0 Å². The number of benzene rings is 1. The number of thiocarbonyl (C=S) groups is 1. The molecule has 2 rings (SSSR count). The number of para-hydroxylation sites is 1. The van der Waals surface area contributed by atoms with Crippen molar-refractivity contribution >= 4 is 17.2 Å². The standard InChI is InChI=1S/C13H17NO2S/c14-13(17)11-5-1-2-6-12(11)16-9-7-10-4-3-8-15-10/h1-2,5-6,10H,3-4,7-9H2,(H2,14,17). The molecule has 1 atom stereocenters. The van der Waals surface area contributed by atoms with E-state index in [4.69, 9.17) is 27.4 Å². The second-order valence-corrected chi connectivity index (χ2v) is 4.57. The van der Waals surface area contributed by atoms with Crippen molar-refractivity contribution in [1.29, 1.82) is 0 Å². The van der Waals surface area contributed by atoms with Gasteiger partial charge in [0.15, 0.2) is 0 Å². The summed E-state index contributed by atoms with van der Waals surface area (Å²) in [5.41, 5.74) is 6.44. The van der Waals surface area contributed by atoms with Crippen molar-refractivity contribution in [3.8, 4) is 5.75 Å². The largest absolute Gasteiger partial charge is 0.493 e. The van der Waals surface area contributed by atoms with Crippen molar-refractivity contribution < 1.29 is 9.47 Å². The van der Waals surface area contributed by atoms with Crippen LogP contribution in [0.3, 0.4) is 0 Å². The minimum atomic E-state index is 0.354. The fourth-order valence-electron chi connectivity index (χ4n) is 1.97. The zero-order chi connectivity index (χ0) is 12.1. The molecule has 1 fully saturated rings. The summed E-state index contributed by atoms with van der Waals surface area (Å²) in [5, 5.41) is 0. The first-order valence-corrected chi connectivity index (χ1v) is 6.31. The molecule has 0 saturated carbocycles. The molecule has 1 saturated heterocycles. The monoisotopic (exact) mass is 251 g/mol. The maximum absolute atomic E-state index is 5.71. The molecule has 92 valence electrons. The van der Waals surface area contributed by atoms with Crippen LogP contribution in [0.5, 0.6) is 5.75 Å². The minimum Gasteiger partial charge on any atom is -0.493 e. The Bertz CT molecular complexity index is 389. The Kier molecular flexibility index (Phi) is 4.34.